The van der Waals surface area contributed by atoms with Crippen molar-refractivity contribution in [2.24, 2.45) is 0 Å². The highest BCUT2D eigenvalue weighted by atomic mass is 16.1. The summed E-state index contributed by atoms with van der Waals surface area (Å²) in [5.74, 6) is 0.295. The lowest BCUT2D eigenvalue weighted by Crippen LogP contribution is -2.50. The van der Waals surface area contributed by atoms with Crippen LogP contribution in [0.2, 0.25) is 0 Å². The molecule has 0 radical (unpaired) electrons. The standard InChI is InChI=1S/C14H27N3O/c1-12(18)11-16-7-5-14(6-8-16)17-9-3-13(15-2)4-10-17/h13-15H,3-11H2,1-2H3. The molecule has 0 aromatic carbocycles. The zero-order valence-electron chi connectivity index (χ0n) is 11.8. The van der Waals surface area contributed by atoms with Crippen molar-refractivity contribution in [1.29, 1.82) is 0 Å². The van der Waals surface area contributed by atoms with Crippen LogP contribution in [0.25, 0.3) is 0 Å². The normalized spacial score (nSPS) is 25.4. The highest BCUT2D eigenvalue weighted by Crippen LogP contribution is 2.20. The second-order valence-electron chi connectivity index (χ2n) is 5.81. The van der Waals surface area contributed by atoms with E-state index in [2.05, 4.69) is 22.2 Å². The summed E-state index contributed by atoms with van der Waals surface area (Å²) in [6.45, 7) is 7.00. The third kappa shape index (κ3) is 3.77. The number of carbonyl (C=O) groups excluding carboxylic acids is 1. The molecule has 4 heteroatoms. The molecule has 0 saturated carbocycles. The first-order valence-corrected chi connectivity index (χ1v) is 7.32. The Balaban J connectivity index is 1.71. The van der Waals surface area contributed by atoms with E-state index < -0.39 is 0 Å². The first kappa shape index (κ1) is 14.0. The number of hydrogen-bond acceptors (Lipinski definition) is 4. The van der Waals surface area contributed by atoms with Gasteiger partial charge in [0.25, 0.3) is 0 Å². The van der Waals surface area contributed by atoms with E-state index >= 15 is 0 Å². The maximum absolute atomic E-state index is 11.1. The fourth-order valence-electron chi connectivity index (χ4n) is 3.31. The smallest absolute Gasteiger partial charge is 0.143 e. The summed E-state index contributed by atoms with van der Waals surface area (Å²) >= 11 is 0. The van der Waals surface area contributed by atoms with Gasteiger partial charge in [0, 0.05) is 25.2 Å². The Morgan fingerprint density at radius 3 is 2.22 bits per heavy atom. The van der Waals surface area contributed by atoms with Crippen LogP contribution in [0.5, 0.6) is 0 Å². The molecule has 0 spiro atoms. The first-order valence-electron chi connectivity index (χ1n) is 7.32. The third-order valence-corrected chi connectivity index (χ3v) is 4.46. The first-order chi connectivity index (χ1) is 8.69. The number of nitrogens with zero attached hydrogens (tertiary/aromatic N) is 2. The van der Waals surface area contributed by atoms with Gasteiger partial charge in [-0.05, 0) is 52.7 Å². The Hall–Kier alpha value is -0.450. The van der Waals surface area contributed by atoms with Gasteiger partial charge in [0.2, 0.25) is 0 Å². The Morgan fingerprint density at radius 2 is 1.72 bits per heavy atom. The maximum atomic E-state index is 11.1. The summed E-state index contributed by atoms with van der Waals surface area (Å²) in [5.41, 5.74) is 0. The average Bonchev–Trinajstić information content (AvgIpc) is 2.39. The highest BCUT2D eigenvalue weighted by Gasteiger charge is 2.27. The van der Waals surface area contributed by atoms with Gasteiger partial charge in [-0.25, -0.2) is 0 Å². The third-order valence-electron chi connectivity index (χ3n) is 4.46. The summed E-state index contributed by atoms with van der Waals surface area (Å²) in [6.07, 6.45) is 5.03. The number of likely N-dealkylation sites (tertiary alicyclic amines) is 2. The number of hydrogen-bond donors (Lipinski definition) is 1. The number of nitrogens with one attached hydrogen (secondary N) is 1. The number of Topliss-reactive ketones (excluding diaryl/α,β-unsaturated/α-hetero) is 1. The second-order valence-corrected chi connectivity index (χ2v) is 5.81. The number of piperidine rings is 2. The SMILES string of the molecule is CNC1CCN(C2CCN(CC(C)=O)CC2)CC1. The van der Waals surface area contributed by atoms with Gasteiger partial charge in [-0.3, -0.25) is 9.69 Å². The molecule has 2 saturated heterocycles. The largest absolute Gasteiger partial charge is 0.317 e. The summed E-state index contributed by atoms with van der Waals surface area (Å²) in [4.78, 5) is 16.1. The molecule has 0 amide bonds. The molecule has 0 atom stereocenters. The monoisotopic (exact) mass is 253 g/mol. The Kier molecular flexibility index (Phi) is 5.15. The van der Waals surface area contributed by atoms with Crippen LogP contribution in [0.1, 0.15) is 32.6 Å². The van der Waals surface area contributed by atoms with E-state index in [1.807, 2.05) is 0 Å². The van der Waals surface area contributed by atoms with Gasteiger partial charge in [0.1, 0.15) is 5.78 Å². The highest BCUT2D eigenvalue weighted by molar-refractivity contribution is 5.77. The molecular formula is C14H27N3O. The average molecular weight is 253 g/mol. The van der Waals surface area contributed by atoms with Crippen molar-refractivity contribution < 1.29 is 4.79 Å². The Labute approximate surface area is 111 Å². The predicted octanol–water partition coefficient (Wildman–Crippen LogP) is 0.724. The lowest BCUT2D eigenvalue weighted by molar-refractivity contribution is -0.118. The zero-order chi connectivity index (χ0) is 13.0. The van der Waals surface area contributed by atoms with Crippen LogP contribution >= 0.6 is 0 Å². The Bertz CT molecular complexity index is 266. The van der Waals surface area contributed by atoms with E-state index in [0.717, 1.165) is 25.2 Å². The molecule has 0 aromatic heterocycles. The van der Waals surface area contributed by atoms with Crippen LogP contribution in [-0.4, -0.2) is 67.4 Å². The van der Waals surface area contributed by atoms with E-state index in [-0.39, 0.29) is 0 Å². The molecule has 0 aromatic rings. The van der Waals surface area contributed by atoms with Gasteiger partial charge in [-0.15, -0.1) is 0 Å². The van der Waals surface area contributed by atoms with Gasteiger partial charge in [0.15, 0.2) is 0 Å². The molecule has 104 valence electrons. The minimum absolute atomic E-state index is 0.295. The summed E-state index contributed by atoms with van der Waals surface area (Å²) < 4.78 is 0. The van der Waals surface area contributed by atoms with Gasteiger partial charge in [-0.1, -0.05) is 0 Å². The van der Waals surface area contributed by atoms with E-state index in [1.54, 1.807) is 6.92 Å². The van der Waals surface area contributed by atoms with Gasteiger partial charge >= 0.3 is 0 Å². The van der Waals surface area contributed by atoms with Crippen molar-refractivity contribution in [2.45, 2.75) is 44.7 Å². The number of carbonyl (C=O) groups is 1. The number of rotatable bonds is 4. The maximum Gasteiger partial charge on any atom is 0.143 e. The quantitative estimate of drug-likeness (QED) is 0.801. The van der Waals surface area contributed by atoms with Gasteiger partial charge < -0.3 is 10.2 Å². The molecule has 0 aliphatic carbocycles. The fourth-order valence-corrected chi connectivity index (χ4v) is 3.31. The topological polar surface area (TPSA) is 35.6 Å². The minimum atomic E-state index is 0.295. The minimum Gasteiger partial charge on any atom is -0.317 e. The molecular weight excluding hydrogens is 226 g/mol. The lowest BCUT2D eigenvalue weighted by Gasteiger charge is -2.41. The van der Waals surface area contributed by atoms with Crippen LogP contribution in [0.15, 0.2) is 0 Å². The van der Waals surface area contributed by atoms with Crippen molar-refractivity contribution in [3.05, 3.63) is 0 Å². The molecule has 2 heterocycles. The molecule has 18 heavy (non-hydrogen) atoms. The van der Waals surface area contributed by atoms with Crippen LogP contribution < -0.4 is 5.32 Å². The van der Waals surface area contributed by atoms with E-state index in [1.165, 1.54) is 38.8 Å². The number of ketones is 1. The van der Waals surface area contributed by atoms with Crippen LogP contribution in [0, 0.1) is 0 Å². The van der Waals surface area contributed by atoms with Crippen molar-refractivity contribution in [3.63, 3.8) is 0 Å². The van der Waals surface area contributed by atoms with E-state index in [9.17, 15) is 4.79 Å². The van der Waals surface area contributed by atoms with E-state index in [4.69, 9.17) is 0 Å². The van der Waals surface area contributed by atoms with Crippen molar-refractivity contribution >= 4 is 5.78 Å². The predicted molar refractivity (Wildman–Crippen MR) is 73.8 cm³/mol. The van der Waals surface area contributed by atoms with E-state index in [0.29, 0.717) is 12.3 Å². The summed E-state index contributed by atoms with van der Waals surface area (Å²) in [7, 11) is 2.07. The lowest BCUT2D eigenvalue weighted by atomic mass is 9.98. The van der Waals surface area contributed by atoms with Gasteiger partial charge in [-0.2, -0.15) is 0 Å². The second kappa shape index (κ2) is 6.64. The molecule has 4 nitrogen and oxygen atoms in total. The van der Waals surface area contributed by atoms with Gasteiger partial charge in [0.05, 0.1) is 6.54 Å². The summed E-state index contributed by atoms with van der Waals surface area (Å²) in [6, 6.07) is 1.48. The Morgan fingerprint density at radius 1 is 1.11 bits per heavy atom. The van der Waals surface area contributed by atoms with Crippen LogP contribution in [-0.2, 0) is 4.79 Å². The molecule has 2 aliphatic heterocycles. The fraction of sp³-hybridized carbons (Fsp3) is 0.929. The molecule has 1 N–H and O–H groups in total. The van der Waals surface area contributed by atoms with Crippen molar-refractivity contribution in [3.8, 4) is 0 Å². The zero-order valence-corrected chi connectivity index (χ0v) is 11.8. The van der Waals surface area contributed by atoms with Crippen molar-refractivity contribution in [1.82, 2.24) is 15.1 Å². The molecule has 2 aliphatic rings. The molecule has 2 rings (SSSR count). The van der Waals surface area contributed by atoms with Crippen molar-refractivity contribution in [2.75, 3.05) is 39.8 Å². The van der Waals surface area contributed by atoms with Crippen LogP contribution in [0.4, 0.5) is 0 Å². The molecule has 0 unspecified atom stereocenters. The molecule has 2 fully saturated rings. The molecule has 0 bridgehead atoms. The van der Waals surface area contributed by atoms with Crippen LogP contribution in [0.3, 0.4) is 0 Å². The summed E-state index contributed by atoms with van der Waals surface area (Å²) in [5, 5.41) is 3.38.